The van der Waals surface area contributed by atoms with Gasteiger partial charge in [0.1, 0.15) is 0 Å². The number of fused-ring (bicyclic) bond motifs is 1. The van der Waals surface area contributed by atoms with Crippen molar-refractivity contribution in [2.45, 2.75) is 25.8 Å². The molecule has 74 valence electrons. The lowest BCUT2D eigenvalue weighted by Gasteiger charge is -2.08. The van der Waals surface area contributed by atoms with Gasteiger partial charge in [-0.15, -0.1) is 0 Å². The summed E-state index contributed by atoms with van der Waals surface area (Å²) in [6, 6.07) is 8.73. The molecular weight excluding hydrogens is 172 g/mol. The quantitative estimate of drug-likeness (QED) is 0.786. The van der Waals surface area contributed by atoms with Crippen LogP contribution in [0.4, 0.5) is 0 Å². The first-order valence-electron chi connectivity index (χ1n) is 5.11. The number of hydrogen-bond acceptors (Lipinski definition) is 1. The Morgan fingerprint density at radius 2 is 2.21 bits per heavy atom. The zero-order chi connectivity index (χ0) is 9.97. The molecule has 2 heteroatoms. The standard InChI is InChI=1S/C12H16N2/c1-2-11(13)8-10-5-6-12-4-3-7-14(12)9-10/h3-7,9,11H,2,8,13H2,1H3. The second kappa shape index (κ2) is 3.84. The maximum absolute atomic E-state index is 5.92. The molecule has 2 aromatic heterocycles. The van der Waals surface area contributed by atoms with Crippen LogP contribution in [0.15, 0.2) is 36.7 Å². The normalized spacial score (nSPS) is 13.3. The van der Waals surface area contributed by atoms with Gasteiger partial charge in [0.2, 0.25) is 0 Å². The highest BCUT2D eigenvalue weighted by molar-refractivity contribution is 5.48. The van der Waals surface area contributed by atoms with E-state index in [9.17, 15) is 0 Å². The van der Waals surface area contributed by atoms with Crippen LogP contribution in [0.5, 0.6) is 0 Å². The number of pyridine rings is 1. The van der Waals surface area contributed by atoms with Crippen LogP contribution in [0.3, 0.4) is 0 Å². The van der Waals surface area contributed by atoms with E-state index < -0.39 is 0 Å². The molecule has 0 aliphatic rings. The van der Waals surface area contributed by atoms with E-state index in [1.54, 1.807) is 0 Å². The Labute approximate surface area is 84.3 Å². The minimum atomic E-state index is 0.281. The summed E-state index contributed by atoms with van der Waals surface area (Å²) in [5, 5.41) is 0. The van der Waals surface area contributed by atoms with Gasteiger partial charge in [0, 0.05) is 24.0 Å². The Morgan fingerprint density at radius 1 is 1.36 bits per heavy atom. The highest BCUT2D eigenvalue weighted by Crippen LogP contribution is 2.09. The summed E-state index contributed by atoms with van der Waals surface area (Å²) in [5.74, 6) is 0. The van der Waals surface area contributed by atoms with Gasteiger partial charge < -0.3 is 10.1 Å². The van der Waals surface area contributed by atoms with Gasteiger partial charge in [0.15, 0.2) is 0 Å². The first kappa shape index (κ1) is 9.28. The number of aromatic nitrogens is 1. The summed E-state index contributed by atoms with van der Waals surface area (Å²) in [6.07, 6.45) is 6.22. The molecule has 0 saturated heterocycles. The molecule has 0 amide bonds. The van der Waals surface area contributed by atoms with Crippen LogP contribution in [0.25, 0.3) is 5.52 Å². The van der Waals surface area contributed by atoms with Gasteiger partial charge in [-0.25, -0.2) is 0 Å². The largest absolute Gasteiger partial charge is 0.327 e. The summed E-state index contributed by atoms with van der Waals surface area (Å²) < 4.78 is 2.14. The van der Waals surface area contributed by atoms with E-state index >= 15 is 0 Å². The Bertz CT molecular complexity index is 417. The van der Waals surface area contributed by atoms with E-state index in [-0.39, 0.29) is 6.04 Å². The zero-order valence-corrected chi connectivity index (χ0v) is 8.48. The maximum Gasteiger partial charge on any atom is 0.0450 e. The average Bonchev–Trinajstić information content (AvgIpc) is 2.64. The van der Waals surface area contributed by atoms with Gasteiger partial charge in [-0.3, -0.25) is 0 Å². The molecule has 2 N–H and O–H groups in total. The average molecular weight is 188 g/mol. The Kier molecular flexibility index (Phi) is 2.55. The molecule has 14 heavy (non-hydrogen) atoms. The molecule has 0 fully saturated rings. The fourth-order valence-electron chi connectivity index (χ4n) is 1.65. The highest BCUT2D eigenvalue weighted by Gasteiger charge is 2.01. The van der Waals surface area contributed by atoms with Gasteiger partial charge in [-0.1, -0.05) is 13.0 Å². The molecule has 1 atom stereocenters. The monoisotopic (exact) mass is 188 g/mol. The van der Waals surface area contributed by atoms with Crippen LogP contribution in [0.1, 0.15) is 18.9 Å². The second-order valence-corrected chi connectivity index (χ2v) is 3.75. The minimum Gasteiger partial charge on any atom is -0.327 e. The number of nitrogens with zero attached hydrogens (tertiary/aromatic N) is 1. The van der Waals surface area contributed by atoms with Gasteiger partial charge >= 0.3 is 0 Å². The molecule has 2 heterocycles. The van der Waals surface area contributed by atoms with Gasteiger partial charge in [0.25, 0.3) is 0 Å². The van der Waals surface area contributed by atoms with Crippen molar-refractivity contribution in [3.63, 3.8) is 0 Å². The molecular formula is C12H16N2. The molecule has 0 spiro atoms. The third-order valence-electron chi connectivity index (χ3n) is 2.61. The van der Waals surface area contributed by atoms with Crippen molar-refractivity contribution in [2.75, 3.05) is 0 Å². The molecule has 0 aliphatic heterocycles. The lowest BCUT2D eigenvalue weighted by Crippen LogP contribution is -2.21. The summed E-state index contributed by atoms with van der Waals surface area (Å²) in [6.45, 7) is 2.12. The molecule has 0 saturated carbocycles. The summed E-state index contributed by atoms with van der Waals surface area (Å²) in [7, 11) is 0. The van der Waals surface area contributed by atoms with E-state index in [2.05, 4.69) is 48.0 Å². The van der Waals surface area contributed by atoms with E-state index in [4.69, 9.17) is 5.73 Å². The van der Waals surface area contributed by atoms with Crippen molar-refractivity contribution in [1.82, 2.24) is 4.40 Å². The van der Waals surface area contributed by atoms with Crippen LogP contribution in [0, 0.1) is 0 Å². The molecule has 2 rings (SSSR count). The highest BCUT2D eigenvalue weighted by atomic mass is 14.8. The third kappa shape index (κ3) is 1.80. The smallest absolute Gasteiger partial charge is 0.0450 e. The topological polar surface area (TPSA) is 30.4 Å². The van der Waals surface area contributed by atoms with Crippen molar-refractivity contribution in [1.29, 1.82) is 0 Å². The van der Waals surface area contributed by atoms with Crippen molar-refractivity contribution < 1.29 is 0 Å². The fourth-order valence-corrected chi connectivity index (χ4v) is 1.65. The summed E-state index contributed by atoms with van der Waals surface area (Å²) in [4.78, 5) is 0. The van der Waals surface area contributed by atoms with Crippen LogP contribution in [-0.4, -0.2) is 10.4 Å². The zero-order valence-electron chi connectivity index (χ0n) is 8.48. The Morgan fingerprint density at radius 3 is 3.00 bits per heavy atom. The van der Waals surface area contributed by atoms with Crippen molar-refractivity contribution in [3.05, 3.63) is 42.2 Å². The Balaban J connectivity index is 2.25. The van der Waals surface area contributed by atoms with E-state index in [1.165, 1.54) is 11.1 Å². The SMILES string of the molecule is CCC(N)Cc1ccc2cccn2c1. The molecule has 0 radical (unpaired) electrons. The number of hydrogen-bond donors (Lipinski definition) is 1. The summed E-state index contributed by atoms with van der Waals surface area (Å²) >= 11 is 0. The molecule has 0 bridgehead atoms. The van der Waals surface area contributed by atoms with Crippen molar-refractivity contribution >= 4 is 5.52 Å². The lowest BCUT2D eigenvalue weighted by atomic mass is 10.1. The predicted molar refractivity (Wildman–Crippen MR) is 59.4 cm³/mol. The second-order valence-electron chi connectivity index (χ2n) is 3.75. The van der Waals surface area contributed by atoms with E-state index in [0.29, 0.717) is 0 Å². The minimum absolute atomic E-state index is 0.281. The van der Waals surface area contributed by atoms with Crippen LogP contribution >= 0.6 is 0 Å². The number of nitrogens with two attached hydrogens (primary N) is 1. The summed E-state index contributed by atoms with van der Waals surface area (Å²) in [5.41, 5.74) is 8.46. The third-order valence-corrected chi connectivity index (χ3v) is 2.61. The Hall–Kier alpha value is -1.28. The van der Waals surface area contributed by atoms with Crippen LogP contribution < -0.4 is 5.73 Å². The molecule has 1 unspecified atom stereocenters. The van der Waals surface area contributed by atoms with Crippen LogP contribution in [0.2, 0.25) is 0 Å². The lowest BCUT2D eigenvalue weighted by molar-refractivity contribution is 0.645. The van der Waals surface area contributed by atoms with Crippen molar-refractivity contribution in [2.24, 2.45) is 5.73 Å². The predicted octanol–water partition coefficient (Wildman–Crippen LogP) is 2.22. The van der Waals surface area contributed by atoms with E-state index in [1.807, 2.05) is 0 Å². The van der Waals surface area contributed by atoms with Gasteiger partial charge in [-0.2, -0.15) is 0 Å². The van der Waals surface area contributed by atoms with Crippen molar-refractivity contribution in [3.8, 4) is 0 Å². The van der Waals surface area contributed by atoms with Gasteiger partial charge in [-0.05, 0) is 36.6 Å². The maximum atomic E-state index is 5.92. The molecule has 0 aromatic carbocycles. The molecule has 2 nitrogen and oxygen atoms in total. The molecule has 0 aliphatic carbocycles. The fraction of sp³-hybridized carbons (Fsp3) is 0.333. The first-order valence-corrected chi connectivity index (χ1v) is 5.11. The first-order chi connectivity index (χ1) is 6.79. The number of rotatable bonds is 3. The van der Waals surface area contributed by atoms with Crippen LogP contribution in [-0.2, 0) is 6.42 Å². The van der Waals surface area contributed by atoms with E-state index in [0.717, 1.165) is 12.8 Å². The van der Waals surface area contributed by atoms with Gasteiger partial charge in [0.05, 0.1) is 0 Å². The molecule has 2 aromatic rings.